The van der Waals surface area contributed by atoms with Gasteiger partial charge in [-0.25, -0.2) is 0 Å². The van der Waals surface area contributed by atoms with Gasteiger partial charge in [0.1, 0.15) is 0 Å². The second-order valence-electron chi connectivity index (χ2n) is 5.09. The SMILES string of the molecule is COc1ccc(C(=O)NC(C)Cc2ccoc2)c(OC)c1OC. The molecule has 0 aliphatic carbocycles. The number of benzene rings is 1. The lowest BCUT2D eigenvalue weighted by molar-refractivity contribution is 0.0936. The van der Waals surface area contributed by atoms with E-state index in [-0.39, 0.29) is 11.9 Å². The van der Waals surface area contributed by atoms with Gasteiger partial charge in [0.2, 0.25) is 5.75 Å². The van der Waals surface area contributed by atoms with Gasteiger partial charge in [0.15, 0.2) is 11.5 Å². The molecule has 0 spiro atoms. The number of hydrogen-bond donors (Lipinski definition) is 1. The highest BCUT2D eigenvalue weighted by Gasteiger charge is 2.21. The zero-order valence-corrected chi connectivity index (χ0v) is 13.7. The van der Waals surface area contributed by atoms with Gasteiger partial charge >= 0.3 is 0 Å². The molecule has 1 N–H and O–H groups in total. The lowest BCUT2D eigenvalue weighted by Crippen LogP contribution is -2.34. The lowest BCUT2D eigenvalue weighted by Gasteiger charge is -2.17. The summed E-state index contributed by atoms with van der Waals surface area (Å²) in [6.45, 7) is 1.93. The molecule has 0 radical (unpaired) electrons. The standard InChI is InChI=1S/C17H21NO5/c1-11(9-12-7-8-23-10-12)18-17(19)13-5-6-14(20-2)16(22-4)15(13)21-3/h5-8,10-11H,9H2,1-4H3,(H,18,19). The molecule has 0 aliphatic rings. The minimum Gasteiger partial charge on any atom is -0.493 e. The number of nitrogens with one attached hydrogen (secondary N) is 1. The molecular formula is C17H21NO5. The van der Waals surface area contributed by atoms with Gasteiger partial charge in [-0.15, -0.1) is 0 Å². The third-order valence-corrected chi connectivity index (χ3v) is 3.45. The average molecular weight is 319 g/mol. The maximum atomic E-state index is 12.5. The Kier molecular flexibility index (Phi) is 5.51. The fourth-order valence-electron chi connectivity index (χ4n) is 2.40. The minimum absolute atomic E-state index is 0.0575. The Morgan fingerprint density at radius 1 is 1.13 bits per heavy atom. The van der Waals surface area contributed by atoms with E-state index in [2.05, 4.69) is 5.32 Å². The molecule has 1 heterocycles. The lowest BCUT2D eigenvalue weighted by atomic mass is 10.1. The summed E-state index contributed by atoms with van der Waals surface area (Å²) < 4.78 is 20.9. The molecule has 0 aliphatic heterocycles. The summed E-state index contributed by atoms with van der Waals surface area (Å²) in [5, 5.41) is 2.94. The van der Waals surface area contributed by atoms with Crippen LogP contribution < -0.4 is 19.5 Å². The third kappa shape index (κ3) is 3.77. The number of amides is 1. The molecule has 1 amide bonds. The summed E-state index contributed by atoms with van der Waals surface area (Å²) in [7, 11) is 4.52. The van der Waals surface area contributed by atoms with Gasteiger partial charge in [0.05, 0.1) is 39.4 Å². The van der Waals surface area contributed by atoms with E-state index in [1.807, 2.05) is 13.0 Å². The molecule has 23 heavy (non-hydrogen) atoms. The summed E-state index contributed by atoms with van der Waals surface area (Å²) >= 11 is 0. The van der Waals surface area contributed by atoms with Crippen molar-refractivity contribution < 1.29 is 23.4 Å². The van der Waals surface area contributed by atoms with E-state index in [0.717, 1.165) is 5.56 Å². The molecule has 0 fully saturated rings. The number of ether oxygens (including phenoxy) is 3. The Balaban J connectivity index is 2.18. The molecule has 1 atom stereocenters. The van der Waals surface area contributed by atoms with Crippen molar-refractivity contribution in [2.45, 2.75) is 19.4 Å². The van der Waals surface area contributed by atoms with E-state index < -0.39 is 0 Å². The quantitative estimate of drug-likeness (QED) is 0.849. The highest BCUT2D eigenvalue weighted by molar-refractivity contribution is 5.98. The van der Waals surface area contributed by atoms with Crippen LogP contribution in [0.3, 0.4) is 0 Å². The topological polar surface area (TPSA) is 69.9 Å². The molecule has 0 saturated carbocycles. The van der Waals surface area contributed by atoms with Gasteiger partial charge in [0, 0.05) is 6.04 Å². The van der Waals surface area contributed by atoms with Crippen LogP contribution in [0.4, 0.5) is 0 Å². The number of rotatable bonds is 7. The van der Waals surface area contributed by atoms with Crippen molar-refractivity contribution in [3.63, 3.8) is 0 Å². The van der Waals surface area contributed by atoms with Crippen molar-refractivity contribution in [2.24, 2.45) is 0 Å². The van der Waals surface area contributed by atoms with Crippen LogP contribution in [0.25, 0.3) is 0 Å². The first kappa shape index (κ1) is 16.7. The molecule has 6 nitrogen and oxygen atoms in total. The average Bonchev–Trinajstić information content (AvgIpc) is 3.05. The second-order valence-corrected chi connectivity index (χ2v) is 5.09. The van der Waals surface area contributed by atoms with Crippen LogP contribution in [0.2, 0.25) is 0 Å². The van der Waals surface area contributed by atoms with E-state index >= 15 is 0 Å². The van der Waals surface area contributed by atoms with Crippen LogP contribution in [0.1, 0.15) is 22.8 Å². The number of carbonyl (C=O) groups is 1. The first-order valence-corrected chi connectivity index (χ1v) is 7.21. The number of hydrogen-bond acceptors (Lipinski definition) is 5. The Labute approximate surface area is 135 Å². The molecule has 1 aromatic carbocycles. The van der Waals surface area contributed by atoms with E-state index in [4.69, 9.17) is 18.6 Å². The maximum Gasteiger partial charge on any atom is 0.255 e. The molecule has 124 valence electrons. The maximum absolute atomic E-state index is 12.5. The zero-order valence-electron chi connectivity index (χ0n) is 13.7. The Bertz CT molecular complexity index is 651. The smallest absolute Gasteiger partial charge is 0.255 e. The summed E-state index contributed by atoms with van der Waals surface area (Å²) in [5.41, 5.74) is 1.42. The van der Waals surface area contributed by atoms with E-state index in [1.54, 1.807) is 24.7 Å². The minimum atomic E-state index is -0.237. The molecule has 6 heteroatoms. The van der Waals surface area contributed by atoms with E-state index in [0.29, 0.717) is 29.2 Å². The van der Waals surface area contributed by atoms with Crippen molar-refractivity contribution in [2.75, 3.05) is 21.3 Å². The van der Waals surface area contributed by atoms with Crippen LogP contribution in [0, 0.1) is 0 Å². The molecule has 2 rings (SSSR count). The van der Waals surface area contributed by atoms with Crippen LogP contribution in [-0.4, -0.2) is 33.3 Å². The summed E-state index contributed by atoms with van der Waals surface area (Å²) in [6.07, 6.45) is 3.96. The van der Waals surface area contributed by atoms with Crippen molar-refractivity contribution in [3.8, 4) is 17.2 Å². The highest BCUT2D eigenvalue weighted by atomic mass is 16.5. The van der Waals surface area contributed by atoms with Gasteiger partial charge in [-0.1, -0.05) is 0 Å². The van der Waals surface area contributed by atoms with Crippen molar-refractivity contribution in [1.82, 2.24) is 5.32 Å². The Morgan fingerprint density at radius 2 is 1.87 bits per heavy atom. The van der Waals surface area contributed by atoms with Gasteiger partial charge in [-0.3, -0.25) is 4.79 Å². The molecule has 0 bridgehead atoms. The molecule has 1 aromatic heterocycles. The summed E-state index contributed by atoms with van der Waals surface area (Å²) in [4.78, 5) is 12.5. The highest BCUT2D eigenvalue weighted by Crippen LogP contribution is 2.39. The van der Waals surface area contributed by atoms with Crippen LogP contribution >= 0.6 is 0 Å². The van der Waals surface area contributed by atoms with Gasteiger partial charge in [0.25, 0.3) is 5.91 Å². The number of furan rings is 1. The summed E-state index contributed by atoms with van der Waals surface area (Å²) in [6, 6.07) is 5.15. The first-order chi connectivity index (χ1) is 11.1. The van der Waals surface area contributed by atoms with Gasteiger partial charge in [-0.2, -0.15) is 0 Å². The Hall–Kier alpha value is -2.63. The monoisotopic (exact) mass is 319 g/mol. The largest absolute Gasteiger partial charge is 0.493 e. The van der Waals surface area contributed by atoms with E-state index in [9.17, 15) is 4.79 Å². The van der Waals surface area contributed by atoms with Crippen molar-refractivity contribution >= 4 is 5.91 Å². The van der Waals surface area contributed by atoms with Gasteiger partial charge in [-0.05, 0) is 37.1 Å². The second kappa shape index (κ2) is 7.58. The molecule has 0 saturated heterocycles. The molecule has 1 unspecified atom stereocenters. The third-order valence-electron chi connectivity index (χ3n) is 3.45. The zero-order chi connectivity index (χ0) is 16.8. The molecular weight excluding hydrogens is 298 g/mol. The summed E-state index contributed by atoms with van der Waals surface area (Å²) in [5.74, 6) is 1.01. The number of methoxy groups -OCH3 is 3. The Morgan fingerprint density at radius 3 is 2.43 bits per heavy atom. The number of carbonyl (C=O) groups excluding carboxylic acids is 1. The fourth-order valence-corrected chi connectivity index (χ4v) is 2.40. The van der Waals surface area contributed by atoms with Crippen molar-refractivity contribution in [1.29, 1.82) is 0 Å². The molecule has 2 aromatic rings. The first-order valence-electron chi connectivity index (χ1n) is 7.21. The van der Waals surface area contributed by atoms with Crippen LogP contribution in [0.5, 0.6) is 17.2 Å². The normalized spacial score (nSPS) is 11.7. The van der Waals surface area contributed by atoms with E-state index in [1.165, 1.54) is 21.3 Å². The fraction of sp³-hybridized carbons (Fsp3) is 0.353. The van der Waals surface area contributed by atoms with Crippen LogP contribution in [-0.2, 0) is 6.42 Å². The van der Waals surface area contributed by atoms with Gasteiger partial charge < -0.3 is 23.9 Å². The van der Waals surface area contributed by atoms with Crippen molar-refractivity contribution in [3.05, 3.63) is 41.9 Å². The predicted molar refractivity (Wildman–Crippen MR) is 85.4 cm³/mol. The predicted octanol–water partition coefficient (Wildman–Crippen LogP) is 2.67. The van der Waals surface area contributed by atoms with Crippen LogP contribution in [0.15, 0.2) is 35.1 Å².